The van der Waals surface area contributed by atoms with Crippen molar-refractivity contribution in [3.63, 3.8) is 0 Å². The summed E-state index contributed by atoms with van der Waals surface area (Å²) < 4.78 is 11.0. The van der Waals surface area contributed by atoms with E-state index in [2.05, 4.69) is 4.90 Å². The number of carbonyl (C=O) groups is 2. The lowest BCUT2D eigenvalue weighted by Crippen LogP contribution is -2.10. The molecule has 0 N–H and O–H groups in total. The first-order chi connectivity index (χ1) is 17.2. The van der Waals surface area contributed by atoms with Gasteiger partial charge in [-0.2, -0.15) is 0 Å². The summed E-state index contributed by atoms with van der Waals surface area (Å²) in [6, 6.07) is 36.7. The second-order valence-electron chi connectivity index (χ2n) is 8.11. The molecule has 0 radical (unpaired) electrons. The molecule has 0 fully saturated rings. The van der Waals surface area contributed by atoms with Gasteiger partial charge < -0.3 is 14.4 Å². The minimum Gasteiger partial charge on any atom is -0.418 e. The summed E-state index contributed by atoms with van der Waals surface area (Å²) in [5, 5.41) is 0. The van der Waals surface area contributed by atoms with Crippen LogP contribution in [0.1, 0.15) is 11.1 Å². The zero-order chi connectivity index (χ0) is 23.8. The summed E-state index contributed by atoms with van der Waals surface area (Å²) in [4.78, 5) is 27.6. The number of benzene rings is 4. The van der Waals surface area contributed by atoms with Crippen molar-refractivity contribution in [2.24, 2.45) is 0 Å². The fourth-order valence-corrected chi connectivity index (χ4v) is 4.38. The molecule has 0 amide bonds. The Morgan fingerprint density at radius 2 is 0.800 bits per heavy atom. The van der Waals surface area contributed by atoms with Crippen LogP contribution < -0.4 is 4.90 Å². The minimum atomic E-state index is -0.536. The molecule has 5 heteroatoms. The van der Waals surface area contributed by atoms with Crippen molar-refractivity contribution < 1.29 is 19.1 Å². The second kappa shape index (κ2) is 8.47. The summed E-state index contributed by atoms with van der Waals surface area (Å²) in [5.74, 6) is -0.705. The number of fused-ring (bicyclic) bond motifs is 1. The van der Waals surface area contributed by atoms with Crippen LogP contribution in [-0.4, -0.2) is 11.9 Å². The highest BCUT2D eigenvalue weighted by atomic mass is 16.6. The molecule has 0 bridgehead atoms. The normalized spacial score (nSPS) is 14.6. The van der Waals surface area contributed by atoms with E-state index in [1.165, 1.54) is 0 Å². The SMILES string of the molecule is O=C1OC2=C(c3ccc(N(c4ccccc4)c4ccccc4)cc3)C(=O)OC2=C1c1ccccc1. The molecule has 6 rings (SSSR count). The topological polar surface area (TPSA) is 55.8 Å². The van der Waals surface area contributed by atoms with E-state index in [9.17, 15) is 9.59 Å². The van der Waals surface area contributed by atoms with Gasteiger partial charge in [-0.1, -0.05) is 78.9 Å². The van der Waals surface area contributed by atoms with Crippen LogP contribution in [0.5, 0.6) is 0 Å². The number of hydrogen-bond acceptors (Lipinski definition) is 5. The summed E-state index contributed by atoms with van der Waals surface area (Å²) in [5.41, 5.74) is 4.72. The molecule has 0 unspecified atom stereocenters. The predicted octanol–water partition coefficient (Wildman–Crippen LogP) is 6.39. The number of para-hydroxylation sites is 2. The number of carbonyl (C=O) groups excluding carboxylic acids is 2. The third-order valence-corrected chi connectivity index (χ3v) is 5.96. The van der Waals surface area contributed by atoms with E-state index in [1.807, 2.05) is 103 Å². The molecule has 4 aromatic rings. The summed E-state index contributed by atoms with van der Waals surface area (Å²) >= 11 is 0. The molecule has 4 aromatic carbocycles. The highest BCUT2D eigenvalue weighted by molar-refractivity contribution is 6.29. The molecule has 0 saturated carbocycles. The van der Waals surface area contributed by atoms with Gasteiger partial charge in [0.25, 0.3) is 0 Å². The maximum Gasteiger partial charge on any atom is 0.348 e. The molecule has 0 atom stereocenters. The Kier molecular flexibility index (Phi) is 5.00. The van der Waals surface area contributed by atoms with Gasteiger partial charge in [0, 0.05) is 17.1 Å². The summed E-state index contributed by atoms with van der Waals surface area (Å²) in [7, 11) is 0. The van der Waals surface area contributed by atoms with Gasteiger partial charge in [0.2, 0.25) is 0 Å². The monoisotopic (exact) mass is 457 g/mol. The van der Waals surface area contributed by atoms with E-state index < -0.39 is 11.9 Å². The first kappa shape index (κ1) is 20.7. The molecule has 35 heavy (non-hydrogen) atoms. The lowest BCUT2D eigenvalue weighted by molar-refractivity contribution is -0.131. The maximum absolute atomic E-state index is 12.8. The van der Waals surface area contributed by atoms with Crippen LogP contribution in [0.4, 0.5) is 17.1 Å². The van der Waals surface area contributed by atoms with E-state index in [-0.39, 0.29) is 22.7 Å². The Bertz CT molecular complexity index is 1450. The third kappa shape index (κ3) is 3.60. The molecular formula is C30H19NO4. The fourth-order valence-electron chi connectivity index (χ4n) is 4.38. The van der Waals surface area contributed by atoms with Gasteiger partial charge >= 0.3 is 11.9 Å². The van der Waals surface area contributed by atoms with E-state index in [0.717, 1.165) is 17.1 Å². The van der Waals surface area contributed by atoms with Crippen LogP contribution in [0, 0.1) is 0 Å². The number of ether oxygens (including phenoxy) is 2. The van der Waals surface area contributed by atoms with Gasteiger partial charge in [0.1, 0.15) is 11.1 Å². The van der Waals surface area contributed by atoms with Crippen molar-refractivity contribution in [3.8, 4) is 0 Å². The van der Waals surface area contributed by atoms with E-state index in [1.54, 1.807) is 12.1 Å². The van der Waals surface area contributed by atoms with Crippen molar-refractivity contribution in [3.05, 3.63) is 138 Å². The summed E-state index contributed by atoms with van der Waals surface area (Å²) in [6.45, 7) is 0. The highest BCUT2D eigenvalue weighted by Gasteiger charge is 2.43. The van der Waals surface area contributed by atoms with Crippen molar-refractivity contribution >= 4 is 40.1 Å². The Hall–Kier alpha value is -4.90. The van der Waals surface area contributed by atoms with E-state index in [4.69, 9.17) is 9.47 Å². The molecule has 5 nitrogen and oxygen atoms in total. The average molecular weight is 457 g/mol. The lowest BCUT2D eigenvalue weighted by atomic mass is 10.0. The Morgan fingerprint density at radius 3 is 1.26 bits per heavy atom. The molecule has 2 aliphatic heterocycles. The molecule has 2 heterocycles. The zero-order valence-electron chi connectivity index (χ0n) is 18.5. The maximum atomic E-state index is 12.8. The molecule has 168 valence electrons. The number of nitrogens with zero attached hydrogens (tertiary/aromatic N) is 1. The van der Waals surface area contributed by atoms with Gasteiger partial charge in [-0.05, 0) is 47.5 Å². The Morgan fingerprint density at radius 1 is 0.429 bits per heavy atom. The number of esters is 2. The second-order valence-corrected chi connectivity index (χ2v) is 8.11. The predicted molar refractivity (Wildman–Crippen MR) is 134 cm³/mol. The average Bonchev–Trinajstić information content (AvgIpc) is 3.38. The number of rotatable bonds is 5. The molecule has 0 spiro atoms. The Labute approximate surface area is 202 Å². The lowest BCUT2D eigenvalue weighted by Gasteiger charge is -2.25. The van der Waals surface area contributed by atoms with E-state index in [0.29, 0.717) is 11.1 Å². The molecular weight excluding hydrogens is 438 g/mol. The van der Waals surface area contributed by atoms with Gasteiger partial charge in [0.05, 0.1) is 0 Å². The third-order valence-electron chi connectivity index (χ3n) is 5.96. The number of anilines is 3. The molecule has 0 saturated heterocycles. The fraction of sp³-hybridized carbons (Fsp3) is 0. The highest BCUT2D eigenvalue weighted by Crippen LogP contribution is 2.44. The standard InChI is InChI=1S/C30H19NO4/c32-29-25(20-10-4-1-5-11-20)27-28(35-29)26(30(33)34-27)21-16-18-24(19-17-21)31(22-12-6-2-7-13-22)23-14-8-3-9-15-23/h1-19H. The van der Waals surface area contributed by atoms with Crippen molar-refractivity contribution in [1.29, 1.82) is 0 Å². The zero-order valence-corrected chi connectivity index (χ0v) is 18.5. The van der Waals surface area contributed by atoms with Crippen LogP contribution in [0.25, 0.3) is 11.1 Å². The van der Waals surface area contributed by atoms with Gasteiger partial charge in [-0.15, -0.1) is 0 Å². The van der Waals surface area contributed by atoms with Crippen molar-refractivity contribution in [2.45, 2.75) is 0 Å². The first-order valence-electron chi connectivity index (χ1n) is 11.2. The van der Waals surface area contributed by atoms with E-state index >= 15 is 0 Å². The van der Waals surface area contributed by atoms with Crippen LogP contribution in [-0.2, 0) is 19.1 Å². The summed E-state index contributed by atoms with van der Waals surface area (Å²) in [6.07, 6.45) is 0. The smallest absolute Gasteiger partial charge is 0.348 e. The van der Waals surface area contributed by atoms with Gasteiger partial charge in [0.15, 0.2) is 11.5 Å². The largest absolute Gasteiger partial charge is 0.418 e. The van der Waals surface area contributed by atoms with Gasteiger partial charge in [-0.3, -0.25) is 0 Å². The van der Waals surface area contributed by atoms with Crippen molar-refractivity contribution in [2.75, 3.05) is 4.90 Å². The minimum absolute atomic E-state index is 0.176. The van der Waals surface area contributed by atoms with Crippen LogP contribution in [0.3, 0.4) is 0 Å². The molecule has 2 aliphatic rings. The molecule has 0 aromatic heterocycles. The van der Waals surface area contributed by atoms with Gasteiger partial charge in [-0.25, -0.2) is 9.59 Å². The van der Waals surface area contributed by atoms with Crippen molar-refractivity contribution in [1.82, 2.24) is 0 Å². The van der Waals surface area contributed by atoms with Crippen LogP contribution in [0.2, 0.25) is 0 Å². The Balaban J connectivity index is 1.41. The quantitative estimate of drug-likeness (QED) is 0.325. The van der Waals surface area contributed by atoms with Crippen LogP contribution >= 0.6 is 0 Å². The number of hydrogen-bond donors (Lipinski definition) is 0. The molecule has 0 aliphatic carbocycles. The first-order valence-corrected chi connectivity index (χ1v) is 11.2. The van der Waals surface area contributed by atoms with Crippen LogP contribution in [0.15, 0.2) is 127 Å².